The minimum absolute atomic E-state index is 0.00130. The Bertz CT molecular complexity index is 2120. The molecular weight excluding hydrogens is 884 g/mol. The number of ether oxygens (including phenoxy) is 4. The van der Waals surface area contributed by atoms with E-state index in [-0.39, 0.29) is 37.6 Å². The van der Waals surface area contributed by atoms with Crippen molar-refractivity contribution >= 4 is 40.9 Å². The number of hydrogen-bond donors (Lipinski definition) is 6. The summed E-state index contributed by atoms with van der Waals surface area (Å²) in [4.78, 5) is 45.5. The van der Waals surface area contributed by atoms with Gasteiger partial charge in [-0.15, -0.1) is 0 Å². The zero-order valence-electron chi connectivity index (χ0n) is 37.2. The Morgan fingerprint density at radius 2 is 1.33 bits per heavy atom. The zero-order chi connectivity index (χ0) is 47.8. The lowest BCUT2D eigenvalue weighted by atomic mass is 10.0. The number of benzene rings is 3. The first kappa shape index (κ1) is 53.5. The Labute approximate surface area is 387 Å². The number of alkyl halides is 3. The van der Waals surface area contributed by atoms with Crippen LogP contribution in [0.15, 0.2) is 85.1 Å². The number of halogens is 3. The predicted octanol–water partition coefficient (Wildman–Crippen LogP) is 5.32. The number of aliphatic hydroxyl groups is 3. The third-order valence-electron chi connectivity index (χ3n) is 10.1. The molecule has 1 aromatic heterocycles. The minimum Gasteiger partial charge on any atom is -0.394 e. The van der Waals surface area contributed by atoms with Crippen LogP contribution in [0.4, 0.5) is 24.5 Å². The summed E-state index contributed by atoms with van der Waals surface area (Å²) in [7, 11) is 0. The Kier molecular flexibility index (Phi) is 22.8. The van der Waals surface area contributed by atoms with Gasteiger partial charge in [0.2, 0.25) is 5.91 Å². The van der Waals surface area contributed by atoms with Gasteiger partial charge >= 0.3 is 6.18 Å². The van der Waals surface area contributed by atoms with E-state index >= 15 is 0 Å². The molecule has 0 bridgehead atoms. The van der Waals surface area contributed by atoms with Crippen LogP contribution in [0.1, 0.15) is 57.7 Å². The van der Waals surface area contributed by atoms with Crippen LogP contribution < -0.4 is 20.9 Å². The van der Waals surface area contributed by atoms with Gasteiger partial charge in [0.25, 0.3) is 11.8 Å². The number of pyridine rings is 1. The summed E-state index contributed by atoms with van der Waals surface area (Å²) in [5.41, 5.74) is 2.10. The molecule has 0 fully saturated rings. The zero-order valence-corrected chi connectivity index (χ0v) is 38.1. The molecule has 4 aromatic rings. The highest BCUT2D eigenvalue weighted by atomic mass is 32.2. The monoisotopic (exact) mass is 943 g/mol. The van der Waals surface area contributed by atoms with Crippen LogP contribution in [0, 0.1) is 0 Å². The van der Waals surface area contributed by atoms with E-state index in [1.807, 2.05) is 44.2 Å². The molecule has 4 rings (SSSR count). The Hall–Kier alpha value is -5.12. The van der Waals surface area contributed by atoms with Crippen LogP contribution in [0.2, 0.25) is 0 Å². The second kappa shape index (κ2) is 28.1. The summed E-state index contributed by atoms with van der Waals surface area (Å²) in [6.07, 6.45) is -3.02. The van der Waals surface area contributed by atoms with Gasteiger partial charge in [-0.2, -0.15) is 24.9 Å². The van der Waals surface area contributed by atoms with Gasteiger partial charge in [-0.1, -0.05) is 24.3 Å². The van der Waals surface area contributed by atoms with Gasteiger partial charge in [0.15, 0.2) is 0 Å². The standard InChI is InChI=1S/C47H60F3N5O10S/c1-3-55(4-2)39-11-12-41(40(28-39)42-27-37(13-15-51-42)44(60)52-29-34-7-6-10-38(26-34)47(48,49)50)53-45(61)36-9-5-8-35(25-36)30-66-24-23-65-22-21-64-20-19-63-18-17-62-16-14-43(59)54-46(31-56,32-57)33-58/h5-13,15,25-28,56-58H,3-4,14,16-24,29-33H2,1-2H3,(H,52,60)(H,53,61)(H,54,59). The number of anilines is 2. The van der Waals surface area contributed by atoms with Crippen molar-refractivity contribution in [2.75, 3.05) is 102 Å². The third kappa shape index (κ3) is 17.6. The summed E-state index contributed by atoms with van der Waals surface area (Å²) < 4.78 is 61.7. The molecule has 0 aliphatic rings. The number of amides is 3. The molecule has 0 saturated heterocycles. The Morgan fingerprint density at radius 3 is 1.98 bits per heavy atom. The predicted molar refractivity (Wildman–Crippen MR) is 246 cm³/mol. The maximum atomic E-state index is 13.7. The fourth-order valence-corrected chi connectivity index (χ4v) is 7.15. The van der Waals surface area contributed by atoms with E-state index in [0.717, 1.165) is 42.2 Å². The number of aliphatic hydroxyl groups excluding tert-OH is 3. The minimum atomic E-state index is -4.50. The molecule has 15 nitrogen and oxygen atoms in total. The largest absolute Gasteiger partial charge is 0.416 e. The fraction of sp³-hybridized carbons (Fsp3) is 0.447. The van der Waals surface area contributed by atoms with Gasteiger partial charge in [-0.25, -0.2) is 0 Å². The lowest BCUT2D eigenvalue weighted by Gasteiger charge is -2.28. The number of carbonyl (C=O) groups is 3. The summed E-state index contributed by atoms with van der Waals surface area (Å²) in [6.45, 7) is 6.41. The summed E-state index contributed by atoms with van der Waals surface area (Å²) in [5, 5.41) is 36.0. The van der Waals surface area contributed by atoms with Gasteiger partial charge in [-0.3, -0.25) is 19.4 Å². The maximum Gasteiger partial charge on any atom is 0.416 e. The second-order valence-electron chi connectivity index (χ2n) is 14.9. The molecule has 0 saturated carbocycles. The average molecular weight is 944 g/mol. The molecule has 0 unspecified atom stereocenters. The van der Waals surface area contributed by atoms with Crippen LogP contribution in [0.3, 0.4) is 0 Å². The van der Waals surface area contributed by atoms with Crippen LogP contribution in [-0.4, -0.2) is 135 Å². The van der Waals surface area contributed by atoms with E-state index < -0.39 is 48.9 Å². The first-order chi connectivity index (χ1) is 31.8. The van der Waals surface area contributed by atoms with E-state index in [1.165, 1.54) is 24.4 Å². The number of thioether (sulfide) groups is 1. The highest BCUT2D eigenvalue weighted by molar-refractivity contribution is 7.98. The second-order valence-corrected chi connectivity index (χ2v) is 16.0. The van der Waals surface area contributed by atoms with E-state index in [9.17, 15) is 42.9 Å². The first-order valence-electron chi connectivity index (χ1n) is 21.6. The van der Waals surface area contributed by atoms with Crippen molar-refractivity contribution in [2.24, 2.45) is 0 Å². The lowest BCUT2D eigenvalue weighted by molar-refractivity contribution is -0.137. The Morgan fingerprint density at radius 1 is 0.712 bits per heavy atom. The summed E-state index contributed by atoms with van der Waals surface area (Å²) >= 11 is 1.66. The molecule has 19 heteroatoms. The maximum absolute atomic E-state index is 13.7. The molecule has 66 heavy (non-hydrogen) atoms. The van der Waals surface area contributed by atoms with Crippen LogP contribution in [0.25, 0.3) is 11.3 Å². The molecule has 3 aromatic carbocycles. The lowest BCUT2D eigenvalue weighted by Crippen LogP contribution is -2.57. The SMILES string of the molecule is CCN(CC)c1ccc(NC(=O)c2cccc(CSCCOCCOCCOCCOCCC(=O)NC(CO)(CO)CO)c2)c(-c2cc(C(=O)NCc3cccc(C(F)(F)F)c3)ccn2)c1. The molecule has 3 amide bonds. The van der Waals surface area contributed by atoms with Gasteiger partial charge in [0.1, 0.15) is 5.54 Å². The molecule has 0 radical (unpaired) electrons. The van der Waals surface area contributed by atoms with Gasteiger partial charge in [0.05, 0.1) is 89.6 Å². The molecule has 0 aliphatic carbocycles. The first-order valence-corrected chi connectivity index (χ1v) is 22.7. The van der Waals surface area contributed by atoms with Crippen LogP contribution in [0.5, 0.6) is 0 Å². The molecule has 0 spiro atoms. The molecule has 6 N–H and O–H groups in total. The quantitative estimate of drug-likeness (QED) is 0.0368. The van der Waals surface area contributed by atoms with E-state index in [4.69, 9.17) is 18.9 Å². The smallest absolute Gasteiger partial charge is 0.394 e. The number of nitrogens with zero attached hydrogens (tertiary/aromatic N) is 2. The number of nitrogens with one attached hydrogen (secondary N) is 3. The van der Waals surface area contributed by atoms with Crippen molar-refractivity contribution in [3.8, 4) is 11.3 Å². The molecule has 360 valence electrons. The molecular formula is C47H60F3N5O10S. The van der Waals surface area contributed by atoms with Crippen LogP contribution in [-0.2, 0) is 42.2 Å². The molecule has 0 atom stereocenters. The number of aromatic nitrogens is 1. The molecule has 1 heterocycles. The van der Waals surface area contributed by atoms with Gasteiger partial charge < -0.3 is 55.1 Å². The normalized spacial score (nSPS) is 11.6. The fourth-order valence-electron chi connectivity index (χ4n) is 6.36. The topological polar surface area (TPSA) is 201 Å². The van der Waals surface area contributed by atoms with Gasteiger partial charge in [-0.05, 0) is 79.6 Å². The summed E-state index contributed by atoms with van der Waals surface area (Å²) in [5.74, 6) is 0.0956. The van der Waals surface area contributed by atoms with E-state index in [0.29, 0.717) is 73.5 Å². The third-order valence-corrected chi connectivity index (χ3v) is 11.1. The highest BCUT2D eigenvalue weighted by Gasteiger charge is 2.31. The van der Waals surface area contributed by atoms with Gasteiger partial charge in [0, 0.05) is 66.1 Å². The van der Waals surface area contributed by atoms with Crippen molar-refractivity contribution in [2.45, 2.75) is 44.3 Å². The van der Waals surface area contributed by atoms with Crippen molar-refractivity contribution in [3.05, 3.63) is 113 Å². The number of rotatable bonds is 30. The Balaban J connectivity index is 1.19. The summed E-state index contributed by atoms with van der Waals surface area (Å²) in [6, 6.07) is 20.9. The number of carbonyl (C=O) groups excluding carboxylic acids is 3. The number of hydrogen-bond acceptors (Lipinski definition) is 13. The van der Waals surface area contributed by atoms with Crippen molar-refractivity contribution in [1.29, 1.82) is 0 Å². The van der Waals surface area contributed by atoms with Crippen molar-refractivity contribution < 1.29 is 61.8 Å². The average Bonchev–Trinajstić information content (AvgIpc) is 3.33. The van der Waals surface area contributed by atoms with Crippen molar-refractivity contribution in [1.82, 2.24) is 15.6 Å². The van der Waals surface area contributed by atoms with Crippen molar-refractivity contribution in [3.63, 3.8) is 0 Å². The van der Waals surface area contributed by atoms with E-state index in [1.54, 1.807) is 30.0 Å². The van der Waals surface area contributed by atoms with E-state index in [2.05, 4.69) is 25.8 Å². The molecule has 0 aliphatic heterocycles. The van der Waals surface area contributed by atoms with Crippen LogP contribution >= 0.6 is 11.8 Å². The highest BCUT2D eigenvalue weighted by Crippen LogP contribution is 2.33.